The van der Waals surface area contributed by atoms with Crippen molar-refractivity contribution in [3.63, 3.8) is 0 Å². The van der Waals surface area contributed by atoms with Gasteiger partial charge in [0.1, 0.15) is 19.3 Å². The molecule has 17 nitrogen and oxygen atoms in total. The molecule has 0 amide bonds. The Morgan fingerprint density at radius 3 is 0.791 bits per heavy atom. The van der Waals surface area contributed by atoms with E-state index in [1.165, 1.54) is 161 Å². The summed E-state index contributed by atoms with van der Waals surface area (Å²) in [5.74, 6) is -1.40. The quantitative estimate of drug-likeness (QED) is 0.0222. The molecule has 19 heteroatoms. The Morgan fingerprint density at radius 1 is 0.314 bits per heavy atom. The van der Waals surface area contributed by atoms with Crippen molar-refractivity contribution in [1.29, 1.82) is 0 Å². The molecule has 0 radical (unpaired) electrons. The van der Waals surface area contributed by atoms with Crippen LogP contribution in [0.3, 0.4) is 0 Å². The molecule has 0 rings (SSSR count). The minimum atomic E-state index is -4.95. The van der Waals surface area contributed by atoms with Crippen LogP contribution in [0, 0.1) is 5.92 Å². The molecule has 0 bridgehead atoms. The van der Waals surface area contributed by atoms with Crippen LogP contribution in [0.5, 0.6) is 0 Å². The zero-order chi connectivity index (χ0) is 63.5. The standard InChI is InChI=1S/C67H130O17P2/c1-6-9-12-15-17-19-20-21-22-23-24-25-26-27-28-29-33-38-43-48-53-67(72)84-63(57-78-65(70)51-46-41-36-34-30-32-35-40-44-49-60(4)5)59-82-86(75,76)80-55-61(68)54-79-85(73,74)81-58-62(56-77-64(69)50-45-39-14-11-8-3)83-66(71)52-47-42-37-31-18-16-13-10-7-2/h60-63,68H,6-59H2,1-5H3,(H,73,74)(H,75,76)/t61-,62+,63+/m0/s1. The van der Waals surface area contributed by atoms with Gasteiger partial charge in [-0.05, 0) is 31.6 Å². The molecule has 0 heterocycles. The van der Waals surface area contributed by atoms with Crippen molar-refractivity contribution < 1.29 is 80.2 Å². The maximum atomic E-state index is 13.0. The fourth-order valence-electron chi connectivity index (χ4n) is 10.1. The third-order valence-corrected chi connectivity index (χ3v) is 17.4. The number of phosphoric ester groups is 2. The average molecular weight is 1270 g/mol. The topological polar surface area (TPSA) is 237 Å². The smallest absolute Gasteiger partial charge is 0.462 e. The second-order valence-corrected chi connectivity index (χ2v) is 27.6. The summed E-state index contributed by atoms with van der Waals surface area (Å²) < 4.78 is 67.9. The zero-order valence-electron chi connectivity index (χ0n) is 55.4. The van der Waals surface area contributed by atoms with Crippen LogP contribution in [0.2, 0.25) is 0 Å². The lowest BCUT2D eigenvalue weighted by molar-refractivity contribution is -0.161. The molecule has 5 atom stereocenters. The molecule has 0 aromatic carbocycles. The molecule has 2 unspecified atom stereocenters. The number of rotatable bonds is 67. The summed E-state index contributed by atoms with van der Waals surface area (Å²) in [6.07, 6.45) is 46.4. The Hall–Kier alpha value is -1.94. The van der Waals surface area contributed by atoms with E-state index in [1.807, 2.05) is 0 Å². The number of aliphatic hydroxyl groups is 1. The van der Waals surface area contributed by atoms with Crippen molar-refractivity contribution in [3.05, 3.63) is 0 Å². The van der Waals surface area contributed by atoms with E-state index in [0.29, 0.717) is 25.7 Å². The van der Waals surface area contributed by atoms with Crippen molar-refractivity contribution in [2.45, 2.75) is 361 Å². The Kier molecular flexibility index (Phi) is 59.2. The first-order chi connectivity index (χ1) is 41.5. The van der Waals surface area contributed by atoms with Crippen LogP contribution in [0.15, 0.2) is 0 Å². The van der Waals surface area contributed by atoms with Crippen molar-refractivity contribution in [2.24, 2.45) is 5.92 Å². The minimum Gasteiger partial charge on any atom is -0.462 e. The van der Waals surface area contributed by atoms with E-state index in [-0.39, 0.29) is 25.7 Å². The number of carbonyl (C=O) groups is 4. The first kappa shape index (κ1) is 84.1. The van der Waals surface area contributed by atoms with Gasteiger partial charge in [0.2, 0.25) is 0 Å². The Morgan fingerprint density at radius 2 is 0.535 bits per heavy atom. The van der Waals surface area contributed by atoms with Gasteiger partial charge < -0.3 is 33.8 Å². The van der Waals surface area contributed by atoms with Crippen LogP contribution in [0.25, 0.3) is 0 Å². The molecule has 0 aliphatic rings. The maximum Gasteiger partial charge on any atom is 0.472 e. The van der Waals surface area contributed by atoms with Gasteiger partial charge in [0.25, 0.3) is 0 Å². The van der Waals surface area contributed by atoms with Crippen molar-refractivity contribution in [1.82, 2.24) is 0 Å². The highest BCUT2D eigenvalue weighted by atomic mass is 31.2. The molecule has 0 aliphatic heterocycles. The number of hydrogen-bond acceptors (Lipinski definition) is 15. The number of phosphoric acid groups is 2. The van der Waals surface area contributed by atoms with Gasteiger partial charge in [0, 0.05) is 25.7 Å². The van der Waals surface area contributed by atoms with Gasteiger partial charge in [-0.2, -0.15) is 0 Å². The van der Waals surface area contributed by atoms with E-state index in [4.69, 9.17) is 37.0 Å². The average Bonchev–Trinajstić information content (AvgIpc) is 3.70. The summed E-state index contributed by atoms with van der Waals surface area (Å²) in [4.78, 5) is 72.0. The third-order valence-electron chi connectivity index (χ3n) is 15.5. The van der Waals surface area contributed by atoms with Gasteiger partial charge in [-0.3, -0.25) is 37.3 Å². The minimum absolute atomic E-state index is 0.105. The molecule has 86 heavy (non-hydrogen) atoms. The molecule has 3 N–H and O–H groups in total. The SMILES string of the molecule is CCCCCCCCCCCCCCCCCCCCCCC(=O)O[C@H](COC(=O)CCCCCCCCCCCC(C)C)COP(=O)(O)OC[C@@H](O)COP(=O)(O)OC[C@@H](COC(=O)CCCCCCC)OC(=O)CCCCCCCCCCC. The molecule has 0 fully saturated rings. The maximum absolute atomic E-state index is 13.0. The molecule has 0 aromatic rings. The zero-order valence-corrected chi connectivity index (χ0v) is 57.2. The third kappa shape index (κ3) is 60.9. The highest BCUT2D eigenvalue weighted by Gasteiger charge is 2.30. The molecule has 0 aromatic heterocycles. The van der Waals surface area contributed by atoms with Gasteiger partial charge in [0.15, 0.2) is 12.2 Å². The number of carbonyl (C=O) groups excluding carboxylic acids is 4. The van der Waals surface area contributed by atoms with E-state index in [9.17, 15) is 43.2 Å². The van der Waals surface area contributed by atoms with Crippen molar-refractivity contribution in [3.8, 4) is 0 Å². The Labute approximate surface area is 524 Å². The van der Waals surface area contributed by atoms with E-state index in [0.717, 1.165) is 102 Å². The number of ether oxygens (including phenoxy) is 4. The summed E-state index contributed by atoms with van der Waals surface area (Å²) >= 11 is 0. The number of unbranched alkanes of at least 4 members (excludes halogenated alkanes) is 39. The van der Waals surface area contributed by atoms with Crippen molar-refractivity contribution in [2.75, 3.05) is 39.6 Å². The second kappa shape index (κ2) is 60.6. The van der Waals surface area contributed by atoms with E-state index in [2.05, 4.69) is 34.6 Å². The highest BCUT2D eigenvalue weighted by Crippen LogP contribution is 2.45. The Bertz CT molecular complexity index is 1670. The fraction of sp³-hybridized carbons (Fsp3) is 0.940. The molecule has 0 saturated heterocycles. The first-order valence-electron chi connectivity index (χ1n) is 35.1. The summed E-state index contributed by atoms with van der Waals surface area (Å²) in [5, 5.41) is 10.5. The molecule has 510 valence electrons. The first-order valence-corrected chi connectivity index (χ1v) is 38.1. The predicted octanol–water partition coefficient (Wildman–Crippen LogP) is 19.0. The summed E-state index contributed by atoms with van der Waals surface area (Å²) in [5.41, 5.74) is 0. The molecule has 0 aliphatic carbocycles. The largest absolute Gasteiger partial charge is 0.472 e. The molecule has 0 spiro atoms. The number of esters is 4. The van der Waals surface area contributed by atoms with Crippen LogP contribution >= 0.6 is 15.6 Å². The van der Waals surface area contributed by atoms with E-state index < -0.39 is 97.5 Å². The normalized spacial score (nSPS) is 14.2. The van der Waals surface area contributed by atoms with E-state index in [1.54, 1.807) is 0 Å². The molecular weight excluding hydrogens is 1140 g/mol. The monoisotopic (exact) mass is 1270 g/mol. The van der Waals surface area contributed by atoms with Crippen LogP contribution in [0.1, 0.15) is 343 Å². The molecular formula is C67H130O17P2. The van der Waals surface area contributed by atoms with Crippen LogP contribution in [0.4, 0.5) is 0 Å². The van der Waals surface area contributed by atoms with Crippen LogP contribution in [-0.4, -0.2) is 96.7 Å². The lowest BCUT2D eigenvalue weighted by atomic mass is 10.0. The van der Waals surface area contributed by atoms with Gasteiger partial charge in [-0.15, -0.1) is 0 Å². The van der Waals surface area contributed by atoms with Crippen LogP contribution < -0.4 is 0 Å². The van der Waals surface area contributed by atoms with Gasteiger partial charge in [-0.25, -0.2) is 9.13 Å². The Balaban J connectivity index is 5.10. The predicted molar refractivity (Wildman–Crippen MR) is 345 cm³/mol. The van der Waals surface area contributed by atoms with Gasteiger partial charge in [0.05, 0.1) is 26.4 Å². The fourth-order valence-corrected chi connectivity index (χ4v) is 11.7. The summed E-state index contributed by atoms with van der Waals surface area (Å²) in [6.45, 7) is 7.09. The number of hydrogen-bond donors (Lipinski definition) is 3. The van der Waals surface area contributed by atoms with Gasteiger partial charge in [-0.1, -0.05) is 291 Å². The second-order valence-electron chi connectivity index (χ2n) is 24.7. The van der Waals surface area contributed by atoms with Crippen molar-refractivity contribution >= 4 is 39.5 Å². The molecule has 0 saturated carbocycles. The lowest BCUT2D eigenvalue weighted by Gasteiger charge is -2.21. The highest BCUT2D eigenvalue weighted by molar-refractivity contribution is 7.47. The van der Waals surface area contributed by atoms with Gasteiger partial charge >= 0.3 is 39.5 Å². The van der Waals surface area contributed by atoms with E-state index >= 15 is 0 Å². The lowest BCUT2D eigenvalue weighted by Crippen LogP contribution is -2.30. The summed E-state index contributed by atoms with van der Waals surface area (Å²) in [6, 6.07) is 0. The number of aliphatic hydroxyl groups excluding tert-OH is 1. The summed E-state index contributed by atoms with van der Waals surface area (Å²) in [7, 11) is -9.88. The van der Waals surface area contributed by atoms with Crippen LogP contribution in [-0.2, 0) is 65.4 Å².